The third kappa shape index (κ3) is 15.1. The summed E-state index contributed by atoms with van der Waals surface area (Å²) in [6, 6.07) is 2.18. The summed E-state index contributed by atoms with van der Waals surface area (Å²) in [6.45, 7) is 11.7. The van der Waals surface area contributed by atoms with E-state index in [0.717, 1.165) is 11.2 Å². The fraction of sp³-hybridized carbons (Fsp3) is 0.875. The first kappa shape index (κ1) is 34.7. The zero-order valence-corrected chi connectivity index (χ0v) is 26.3. The fourth-order valence-corrected chi connectivity index (χ4v) is 5.85. The average Bonchev–Trinajstić information content (AvgIpc) is 3.29. The van der Waals surface area contributed by atoms with Gasteiger partial charge >= 0.3 is 7.12 Å². The minimum Gasteiger partial charge on any atom is -0.423 e. The molecule has 0 radical (unpaired) electrons. The molecule has 0 amide bonds. The van der Waals surface area contributed by atoms with Gasteiger partial charge in [-0.1, -0.05) is 129 Å². The SMILES string of the molecule is CCCCCCCCCCCC(CCCCCCCCC)Cc1ccsc1B(O)OC(C)(C)C(C)(C)O. The largest absolute Gasteiger partial charge is 0.502 e. The molecule has 1 unspecified atom stereocenters. The van der Waals surface area contributed by atoms with Crippen molar-refractivity contribution in [1.29, 1.82) is 0 Å². The number of hydrogen-bond donors (Lipinski definition) is 2. The first-order chi connectivity index (χ1) is 17.6. The minimum absolute atomic E-state index is 0.669. The number of aliphatic hydroxyl groups is 1. The second-order valence-electron chi connectivity index (χ2n) is 12.4. The van der Waals surface area contributed by atoms with Gasteiger partial charge in [0.25, 0.3) is 0 Å². The molecule has 0 saturated heterocycles. The molecule has 5 heteroatoms. The number of thiophene rings is 1. The molecule has 216 valence electrons. The standard InChI is InChI=1S/C32H61BO3S/c1-7-9-11-13-15-16-18-20-22-24-28(23-21-19-17-14-12-10-8-2)27-29-25-26-37-30(29)33(35)36-32(5,6)31(3,4)34/h25-26,28,34-35H,7-24,27H2,1-6H3. The van der Waals surface area contributed by atoms with Crippen molar-refractivity contribution < 1.29 is 14.8 Å². The van der Waals surface area contributed by atoms with Gasteiger partial charge < -0.3 is 14.8 Å². The fourth-order valence-electron chi connectivity index (χ4n) is 5.00. The maximum absolute atomic E-state index is 10.9. The van der Waals surface area contributed by atoms with E-state index in [1.165, 1.54) is 121 Å². The molecule has 0 aromatic carbocycles. The van der Waals surface area contributed by atoms with E-state index in [4.69, 9.17) is 4.65 Å². The summed E-state index contributed by atoms with van der Waals surface area (Å²) in [5.41, 5.74) is -0.657. The van der Waals surface area contributed by atoms with Crippen LogP contribution in [-0.4, -0.2) is 28.5 Å². The Bertz CT molecular complexity index is 667. The normalized spacial score (nSPS) is 13.3. The Balaban J connectivity index is 2.61. The van der Waals surface area contributed by atoms with Crippen LogP contribution in [0.4, 0.5) is 0 Å². The molecule has 0 saturated carbocycles. The lowest BCUT2D eigenvalue weighted by molar-refractivity contribution is -0.0982. The number of hydrogen-bond acceptors (Lipinski definition) is 4. The Labute approximate surface area is 235 Å². The highest BCUT2D eigenvalue weighted by molar-refractivity contribution is 7.20. The summed E-state index contributed by atoms with van der Waals surface area (Å²) in [7, 11) is -0.997. The number of rotatable bonds is 24. The van der Waals surface area contributed by atoms with E-state index in [-0.39, 0.29) is 0 Å². The predicted molar refractivity (Wildman–Crippen MR) is 165 cm³/mol. The maximum atomic E-state index is 10.9. The number of unbranched alkanes of at least 4 members (excludes halogenated alkanes) is 14. The van der Waals surface area contributed by atoms with Crippen molar-refractivity contribution in [3.05, 3.63) is 17.0 Å². The van der Waals surface area contributed by atoms with Crippen LogP contribution in [-0.2, 0) is 11.1 Å². The van der Waals surface area contributed by atoms with Crippen LogP contribution in [0.15, 0.2) is 11.4 Å². The minimum atomic E-state index is -1.04. The average molecular weight is 537 g/mol. The zero-order valence-electron chi connectivity index (χ0n) is 25.5. The van der Waals surface area contributed by atoms with Crippen molar-refractivity contribution in [2.24, 2.45) is 5.92 Å². The third-order valence-corrected chi connectivity index (χ3v) is 9.32. The second kappa shape index (κ2) is 19.7. The van der Waals surface area contributed by atoms with Crippen molar-refractivity contribution in [2.45, 2.75) is 175 Å². The van der Waals surface area contributed by atoms with Crippen molar-refractivity contribution in [1.82, 2.24) is 0 Å². The lowest BCUT2D eigenvalue weighted by Gasteiger charge is -2.38. The van der Waals surface area contributed by atoms with E-state index in [0.29, 0.717) is 5.92 Å². The van der Waals surface area contributed by atoms with Gasteiger partial charge in [0, 0.05) is 4.78 Å². The van der Waals surface area contributed by atoms with Gasteiger partial charge in [-0.05, 0) is 57.0 Å². The predicted octanol–water partition coefficient (Wildman–Crippen LogP) is 9.22. The molecule has 2 N–H and O–H groups in total. The molecule has 1 rings (SSSR count). The Kier molecular flexibility index (Phi) is 18.4. The van der Waals surface area contributed by atoms with Gasteiger partial charge in [-0.3, -0.25) is 0 Å². The lowest BCUT2D eigenvalue weighted by Crippen LogP contribution is -2.53. The van der Waals surface area contributed by atoms with Crippen molar-refractivity contribution in [3.63, 3.8) is 0 Å². The summed E-state index contributed by atoms with van der Waals surface area (Å²) in [5, 5.41) is 23.5. The van der Waals surface area contributed by atoms with Gasteiger partial charge in [0.1, 0.15) is 0 Å². The Hall–Kier alpha value is -0.355. The molecule has 3 nitrogen and oxygen atoms in total. The van der Waals surface area contributed by atoms with E-state index in [1.54, 1.807) is 25.2 Å². The van der Waals surface area contributed by atoms with Crippen molar-refractivity contribution in [3.8, 4) is 0 Å². The van der Waals surface area contributed by atoms with Gasteiger partial charge in [-0.15, -0.1) is 0 Å². The van der Waals surface area contributed by atoms with Crippen LogP contribution < -0.4 is 4.78 Å². The van der Waals surface area contributed by atoms with Gasteiger partial charge in [-0.2, -0.15) is 11.3 Å². The van der Waals surface area contributed by atoms with Crippen LogP contribution >= 0.6 is 11.3 Å². The Morgan fingerprint density at radius 2 is 1.19 bits per heavy atom. The molecule has 0 aliphatic heterocycles. The molecule has 0 spiro atoms. The third-order valence-electron chi connectivity index (χ3n) is 8.33. The lowest BCUT2D eigenvalue weighted by atomic mass is 9.78. The van der Waals surface area contributed by atoms with E-state index >= 15 is 0 Å². The maximum Gasteiger partial charge on any atom is 0.502 e. The molecule has 1 aromatic heterocycles. The summed E-state index contributed by atoms with van der Waals surface area (Å²) in [6.07, 6.45) is 25.4. The second-order valence-corrected chi connectivity index (χ2v) is 13.4. The van der Waals surface area contributed by atoms with Gasteiger partial charge in [0.2, 0.25) is 0 Å². The van der Waals surface area contributed by atoms with E-state index in [1.807, 2.05) is 13.8 Å². The van der Waals surface area contributed by atoms with Crippen molar-refractivity contribution >= 4 is 23.2 Å². The Morgan fingerprint density at radius 3 is 1.62 bits per heavy atom. The summed E-state index contributed by atoms with van der Waals surface area (Å²) >= 11 is 1.58. The van der Waals surface area contributed by atoms with Gasteiger partial charge in [-0.25, -0.2) is 0 Å². The van der Waals surface area contributed by atoms with Crippen LogP contribution in [0.5, 0.6) is 0 Å². The molecule has 0 aliphatic rings. The molecular formula is C32H61BO3S. The van der Waals surface area contributed by atoms with E-state index in [9.17, 15) is 10.1 Å². The summed E-state index contributed by atoms with van der Waals surface area (Å²) in [5.74, 6) is 0.669. The Morgan fingerprint density at radius 1 is 0.757 bits per heavy atom. The topological polar surface area (TPSA) is 49.7 Å². The van der Waals surface area contributed by atoms with Gasteiger partial charge in [0.05, 0.1) is 11.2 Å². The van der Waals surface area contributed by atoms with Crippen LogP contribution in [0.1, 0.15) is 163 Å². The molecule has 0 aliphatic carbocycles. The van der Waals surface area contributed by atoms with Crippen LogP contribution in [0.2, 0.25) is 0 Å². The molecule has 37 heavy (non-hydrogen) atoms. The highest BCUT2D eigenvalue weighted by atomic mass is 32.1. The quantitative estimate of drug-likeness (QED) is 0.102. The molecule has 0 bridgehead atoms. The van der Waals surface area contributed by atoms with Crippen LogP contribution in [0.3, 0.4) is 0 Å². The highest BCUT2D eigenvalue weighted by Crippen LogP contribution is 2.27. The molecule has 1 heterocycles. The first-order valence-corrected chi connectivity index (χ1v) is 16.6. The highest BCUT2D eigenvalue weighted by Gasteiger charge is 2.40. The van der Waals surface area contributed by atoms with Gasteiger partial charge in [0.15, 0.2) is 0 Å². The van der Waals surface area contributed by atoms with Crippen molar-refractivity contribution in [2.75, 3.05) is 0 Å². The molecule has 1 atom stereocenters. The van der Waals surface area contributed by atoms with E-state index in [2.05, 4.69) is 25.3 Å². The van der Waals surface area contributed by atoms with Crippen LogP contribution in [0.25, 0.3) is 0 Å². The molecule has 0 fully saturated rings. The molecule has 1 aromatic rings. The first-order valence-electron chi connectivity index (χ1n) is 15.8. The summed E-state index contributed by atoms with van der Waals surface area (Å²) in [4.78, 5) is 0. The smallest absolute Gasteiger partial charge is 0.423 e. The van der Waals surface area contributed by atoms with E-state index < -0.39 is 18.3 Å². The van der Waals surface area contributed by atoms with Crippen LogP contribution in [0, 0.1) is 5.92 Å². The summed E-state index contributed by atoms with van der Waals surface area (Å²) < 4.78 is 6.90. The monoisotopic (exact) mass is 536 g/mol. The molecular weight excluding hydrogens is 475 g/mol. The zero-order chi connectivity index (χ0) is 27.6.